The van der Waals surface area contributed by atoms with Crippen LogP contribution in [0.1, 0.15) is 12.5 Å². The number of benzene rings is 3. The number of halogens is 2. The minimum Gasteiger partial charge on any atom is -0.493 e. The lowest BCUT2D eigenvalue weighted by Crippen LogP contribution is -2.50. The van der Waals surface area contributed by atoms with Crippen LogP contribution < -0.4 is 19.1 Å². The maximum atomic E-state index is 13.9. The van der Waals surface area contributed by atoms with E-state index in [9.17, 15) is 18.0 Å². The molecule has 0 heterocycles. The molecule has 0 saturated carbocycles. The molecule has 0 radical (unpaired) electrons. The van der Waals surface area contributed by atoms with Gasteiger partial charge in [0.05, 0.1) is 24.8 Å². The number of anilines is 1. The lowest BCUT2D eigenvalue weighted by Gasteiger charge is -2.31. The summed E-state index contributed by atoms with van der Waals surface area (Å²) in [5.41, 5.74) is 0.988. The first-order valence-corrected chi connectivity index (χ1v) is 14.4. The van der Waals surface area contributed by atoms with E-state index in [2.05, 4.69) is 21.2 Å². The quantitative estimate of drug-likeness (QED) is 0.332. The molecule has 0 aliphatic heterocycles. The molecule has 0 bridgehead atoms. The van der Waals surface area contributed by atoms with Gasteiger partial charge < -0.3 is 19.7 Å². The molecule has 0 spiro atoms. The van der Waals surface area contributed by atoms with Gasteiger partial charge in [0.1, 0.15) is 12.6 Å². The molecular formula is C27H29BrClN3O6S. The largest absolute Gasteiger partial charge is 0.493 e. The van der Waals surface area contributed by atoms with Gasteiger partial charge in [-0.25, -0.2) is 8.42 Å². The molecule has 3 aromatic rings. The van der Waals surface area contributed by atoms with Crippen molar-refractivity contribution in [3.63, 3.8) is 0 Å². The summed E-state index contributed by atoms with van der Waals surface area (Å²) in [6, 6.07) is 16.7. The van der Waals surface area contributed by atoms with Crippen molar-refractivity contribution in [2.24, 2.45) is 0 Å². The number of hydrogen-bond donors (Lipinski definition) is 1. The lowest BCUT2D eigenvalue weighted by molar-refractivity contribution is -0.139. The van der Waals surface area contributed by atoms with Crippen LogP contribution in [0.4, 0.5) is 5.69 Å². The molecule has 0 aromatic heterocycles. The summed E-state index contributed by atoms with van der Waals surface area (Å²) in [7, 11) is 0.0327. The fraction of sp³-hybridized carbons (Fsp3) is 0.259. The Morgan fingerprint density at radius 3 is 2.15 bits per heavy atom. The highest BCUT2D eigenvalue weighted by Gasteiger charge is 2.32. The first-order chi connectivity index (χ1) is 18.5. The van der Waals surface area contributed by atoms with Crippen molar-refractivity contribution in [1.29, 1.82) is 0 Å². The predicted octanol–water partition coefficient (Wildman–Crippen LogP) is 4.48. The number of carbonyl (C=O) groups is 2. The molecule has 1 N–H and O–H groups in total. The Bertz CT molecular complexity index is 1420. The van der Waals surface area contributed by atoms with Crippen LogP contribution in [0.25, 0.3) is 0 Å². The van der Waals surface area contributed by atoms with E-state index in [0.29, 0.717) is 10.8 Å². The molecule has 0 aliphatic carbocycles. The summed E-state index contributed by atoms with van der Waals surface area (Å²) >= 11 is 9.44. The number of carbonyl (C=O) groups excluding carboxylic acids is 2. The van der Waals surface area contributed by atoms with E-state index in [4.69, 9.17) is 21.1 Å². The zero-order chi connectivity index (χ0) is 28.7. The highest BCUT2D eigenvalue weighted by Crippen LogP contribution is 2.32. The van der Waals surface area contributed by atoms with E-state index in [1.165, 1.54) is 68.6 Å². The van der Waals surface area contributed by atoms with Gasteiger partial charge in [0, 0.05) is 29.2 Å². The summed E-state index contributed by atoms with van der Waals surface area (Å²) < 4.78 is 40.2. The molecule has 0 saturated heterocycles. The Morgan fingerprint density at radius 1 is 0.974 bits per heavy atom. The molecule has 208 valence electrons. The molecule has 39 heavy (non-hydrogen) atoms. The van der Waals surface area contributed by atoms with E-state index in [0.717, 1.165) is 14.3 Å². The second-order valence-electron chi connectivity index (χ2n) is 8.44. The summed E-state index contributed by atoms with van der Waals surface area (Å²) in [6.45, 7) is 1.10. The molecule has 2 amide bonds. The second-order valence-corrected chi connectivity index (χ2v) is 11.7. The van der Waals surface area contributed by atoms with Crippen LogP contribution >= 0.6 is 27.5 Å². The van der Waals surface area contributed by atoms with Gasteiger partial charge in [0.2, 0.25) is 11.8 Å². The number of hydrogen-bond acceptors (Lipinski definition) is 6. The van der Waals surface area contributed by atoms with Gasteiger partial charge in [-0.05, 0) is 61.0 Å². The molecular weight excluding hydrogens is 610 g/mol. The molecule has 9 nitrogen and oxygen atoms in total. The molecule has 1 atom stereocenters. The third-order valence-corrected chi connectivity index (χ3v) is 8.57. The van der Waals surface area contributed by atoms with Crippen molar-refractivity contribution < 1.29 is 27.5 Å². The minimum atomic E-state index is -4.28. The van der Waals surface area contributed by atoms with Gasteiger partial charge in [-0.15, -0.1) is 0 Å². The van der Waals surface area contributed by atoms with E-state index in [1.807, 2.05) is 24.3 Å². The van der Waals surface area contributed by atoms with Gasteiger partial charge in [-0.1, -0.05) is 39.7 Å². The maximum Gasteiger partial charge on any atom is 0.264 e. The van der Waals surface area contributed by atoms with Crippen LogP contribution in [0, 0.1) is 0 Å². The number of ether oxygens (including phenoxy) is 2. The van der Waals surface area contributed by atoms with Gasteiger partial charge >= 0.3 is 0 Å². The van der Waals surface area contributed by atoms with Gasteiger partial charge in [-0.2, -0.15) is 0 Å². The number of rotatable bonds is 11. The minimum absolute atomic E-state index is 0.0889. The van der Waals surface area contributed by atoms with Crippen LogP contribution in [0.3, 0.4) is 0 Å². The molecule has 0 aliphatic rings. The van der Waals surface area contributed by atoms with Crippen LogP contribution in [0.5, 0.6) is 11.5 Å². The topological polar surface area (TPSA) is 105 Å². The van der Waals surface area contributed by atoms with Crippen molar-refractivity contribution in [2.75, 3.05) is 32.1 Å². The number of methoxy groups -OCH3 is 2. The van der Waals surface area contributed by atoms with Crippen molar-refractivity contribution in [1.82, 2.24) is 10.2 Å². The van der Waals surface area contributed by atoms with E-state index in [1.54, 1.807) is 6.92 Å². The molecule has 12 heteroatoms. The number of likely N-dealkylation sites (N-methyl/N-ethyl adjacent to an activating group) is 1. The fourth-order valence-corrected chi connectivity index (χ4v) is 5.64. The van der Waals surface area contributed by atoms with Crippen molar-refractivity contribution >= 4 is 55.1 Å². The summed E-state index contributed by atoms with van der Waals surface area (Å²) in [5.74, 6) is -0.397. The first-order valence-electron chi connectivity index (χ1n) is 11.8. The molecule has 0 unspecified atom stereocenters. The van der Waals surface area contributed by atoms with Crippen LogP contribution in [0.2, 0.25) is 5.02 Å². The highest BCUT2D eigenvalue weighted by molar-refractivity contribution is 9.10. The molecule has 3 aromatic carbocycles. The third kappa shape index (κ3) is 7.23. The standard InChI is InChI=1S/C27H29BrClN3O6S/c1-18(27(34)30-2)31(16-19-5-7-20(28)8-6-19)26(33)17-32(22-11-9-21(29)10-12-22)39(35,36)23-13-14-24(37-3)25(15-23)38-4/h5-15,18H,16-17H2,1-4H3,(H,30,34)/t18-/m0/s1. The monoisotopic (exact) mass is 637 g/mol. The first kappa shape index (κ1) is 30.3. The zero-order valence-electron chi connectivity index (χ0n) is 21.9. The highest BCUT2D eigenvalue weighted by atomic mass is 79.9. The molecule has 3 rings (SSSR count). The second kappa shape index (κ2) is 13.2. The van der Waals surface area contributed by atoms with E-state index >= 15 is 0 Å². The SMILES string of the molecule is CNC(=O)[C@H](C)N(Cc1ccc(Br)cc1)C(=O)CN(c1ccc(Cl)cc1)S(=O)(=O)c1ccc(OC)c(OC)c1. The average molecular weight is 639 g/mol. The van der Waals surface area contributed by atoms with Gasteiger partial charge in [0.15, 0.2) is 11.5 Å². The van der Waals surface area contributed by atoms with Crippen molar-refractivity contribution in [2.45, 2.75) is 24.4 Å². The Labute approximate surface area is 241 Å². The number of sulfonamides is 1. The Hall–Kier alpha value is -3.28. The van der Waals surface area contributed by atoms with E-state index < -0.39 is 28.5 Å². The fourth-order valence-electron chi connectivity index (χ4n) is 3.82. The Balaban J connectivity index is 2.06. The van der Waals surface area contributed by atoms with Crippen LogP contribution in [-0.2, 0) is 26.2 Å². The Morgan fingerprint density at radius 2 is 1.59 bits per heavy atom. The normalized spacial score (nSPS) is 11.8. The van der Waals surface area contributed by atoms with Gasteiger partial charge in [-0.3, -0.25) is 13.9 Å². The Kier molecular flexibility index (Phi) is 10.2. The van der Waals surface area contributed by atoms with Gasteiger partial charge in [0.25, 0.3) is 10.0 Å². The third-order valence-electron chi connectivity index (χ3n) is 6.02. The average Bonchev–Trinajstić information content (AvgIpc) is 2.94. The number of amides is 2. The predicted molar refractivity (Wildman–Crippen MR) is 154 cm³/mol. The van der Waals surface area contributed by atoms with Crippen molar-refractivity contribution in [3.05, 3.63) is 81.8 Å². The van der Waals surface area contributed by atoms with E-state index in [-0.39, 0.29) is 28.8 Å². The summed E-state index contributed by atoms with van der Waals surface area (Å²) in [6.07, 6.45) is 0. The van der Waals surface area contributed by atoms with Crippen molar-refractivity contribution in [3.8, 4) is 11.5 Å². The smallest absolute Gasteiger partial charge is 0.264 e. The maximum absolute atomic E-state index is 13.9. The number of nitrogens with zero attached hydrogens (tertiary/aromatic N) is 2. The molecule has 0 fully saturated rings. The summed E-state index contributed by atoms with van der Waals surface area (Å²) in [5, 5.41) is 2.95. The number of nitrogens with one attached hydrogen (secondary N) is 1. The van der Waals surface area contributed by atoms with Crippen LogP contribution in [0.15, 0.2) is 76.1 Å². The summed E-state index contributed by atoms with van der Waals surface area (Å²) in [4.78, 5) is 27.6. The lowest BCUT2D eigenvalue weighted by atomic mass is 10.1. The van der Waals surface area contributed by atoms with Crippen LogP contribution in [-0.4, -0.2) is 59.0 Å². The zero-order valence-corrected chi connectivity index (χ0v) is 25.0.